The highest BCUT2D eigenvalue weighted by Gasteiger charge is 2.18. The van der Waals surface area contributed by atoms with Crippen molar-refractivity contribution in [3.05, 3.63) is 45.9 Å². The molecule has 0 atom stereocenters. The number of ether oxygens (including phenoxy) is 4. The first-order chi connectivity index (χ1) is 15.3. The number of hydrogen-bond donors (Lipinski definition) is 3. The van der Waals surface area contributed by atoms with Gasteiger partial charge < -0.3 is 18.9 Å². The Morgan fingerprint density at radius 2 is 1.59 bits per heavy atom. The largest absolute Gasteiger partial charge is 0.493 e. The summed E-state index contributed by atoms with van der Waals surface area (Å²) in [6, 6.07) is 8.06. The van der Waals surface area contributed by atoms with Gasteiger partial charge in [-0.2, -0.15) is 0 Å². The average Bonchev–Trinajstić information content (AvgIpc) is 2.80. The van der Waals surface area contributed by atoms with Crippen LogP contribution in [-0.2, 0) is 0 Å². The number of hydrogen-bond acceptors (Lipinski definition) is 7. The molecular weight excluding hydrogens is 502 g/mol. The Labute approximate surface area is 199 Å². The first-order valence-corrected chi connectivity index (χ1v) is 10.7. The van der Waals surface area contributed by atoms with Crippen molar-refractivity contribution in [3.8, 4) is 23.0 Å². The van der Waals surface area contributed by atoms with Gasteiger partial charge in [-0.1, -0.05) is 22.9 Å². The van der Waals surface area contributed by atoms with Gasteiger partial charge in [0.25, 0.3) is 11.8 Å². The Morgan fingerprint density at radius 3 is 2.16 bits per heavy atom. The molecule has 0 aromatic heterocycles. The smallest absolute Gasteiger partial charge is 0.269 e. The van der Waals surface area contributed by atoms with Crippen molar-refractivity contribution in [2.45, 2.75) is 13.3 Å². The number of benzene rings is 2. The molecule has 2 aromatic rings. The van der Waals surface area contributed by atoms with Crippen LogP contribution in [0.1, 0.15) is 34.1 Å². The summed E-state index contributed by atoms with van der Waals surface area (Å²) in [5.41, 5.74) is 5.44. The molecular formula is C21H24BrN3O6S. The molecule has 0 aliphatic carbocycles. The first-order valence-electron chi connectivity index (χ1n) is 9.48. The fourth-order valence-electron chi connectivity index (χ4n) is 2.62. The van der Waals surface area contributed by atoms with Gasteiger partial charge in [-0.15, -0.1) is 0 Å². The molecule has 0 radical (unpaired) electrons. The van der Waals surface area contributed by atoms with E-state index in [0.717, 1.165) is 6.42 Å². The fraction of sp³-hybridized carbons (Fsp3) is 0.286. The van der Waals surface area contributed by atoms with E-state index in [0.29, 0.717) is 39.6 Å². The lowest BCUT2D eigenvalue weighted by molar-refractivity contribution is 0.0933. The summed E-state index contributed by atoms with van der Waals surface area (Å²) in [6.07, 6.45) is 0.796. The molecule has 2 amide bonds. The standard InChI is InChI=1S/C21H24BrN3O6S/c1-5-8-31-15-7-6-13(22)11-14(15)20(27)23-21(32)25-24-19(26)12-9-16(28-2)18(30-4)17(10-12)29-3/h6-7,9-11H,5,8H2,1-4H3,(H,24,26)(H2,23,25,27,32). The molecule has 0 aliphatic rings. The van der Waals surface area contributed by atoms with E-state index in [2.05, 4.69) is 32.1 Å². The minimum Gasteiger partial charge on any atom is -0.493 e. The first kappa shape index (κ1) is 25.2. The fourth-order valence-corrected chi connectivity index (χ4v) is 3.12. The maximum absolute atomic E-state index is 12.6. The lowest BCUT2D eigenvalue weighted by Gasteiger charge is -2.15. The van der Waals surface area contributed by atoms with Crippen LogP contribution in [0.4, 0.5) is 0 Å². The van der Waals surface area contributed by atoms with Gasteiger partial charge in [0.2, 0.25) is 5.75 Å². The van der Waals surface area contributed by atoms with Crippen LogP contribution < -0.4 is 35.1 Å². The van der Waals surface area contributed by atoms with Crippen LogP contribution in [0.15, 0.2) is 34.8 Å². The SMILES string of the molecule is CCCOc1ccc(Br)cc1C(=O)NC(=S)NNC(=O)c1cc(OC)c(OC)c(OC)c1. The Bertz CT molecular complexity index is 976. The molecule has 0 fully saturated rings. The molecule has 9 nitrogen and oxygen atoms in total. The monoisotopic (exact) mass is 525 g/mol. The van der Waals surface area contributed by atoms with Crippen LogP contribution in [0.5, 0.6) is 23.0 Å². The minimum atomic E-state index is -0.532. The van der Waals surface area contributed by atoms with Crippen molar-refractivity contribution in [1.29, 1.82) is 0 Å². The lowest BCUT2D eigenvalue weighted by Crippen LogP contribution is -2.48. The second-order valence-corrected chi connectivity index (χ2v) is 7.59. The number of hydrazine groups is 1. The summed E-state index contributed by atoms with van der Waals surface area (Å²) in [5, 5.41) is 2.41. The second kappa shape index (κ2) is 12.1. The van der Waals surface area contributed by atoms with E-state index in [1.54, 1.807) is 18.2 Å². The molecule has 3 N–H and O–H groups in total. The predicted molar refractivity (Wildman–Crippen MR) is 127 cm³/mol. The Balaban J connectivity index is 2.05. The highest BCUT2D eigenvalue weighted by molar-refractivity contribution is 9.10. The molecule has 0 saturated heterocycles. The number of rotatable bonds is 8. The van der Waals surface area contributed by atoms with Crippen LogP contribution in [0, 0.1) is 0 Å². The summed E-state index contributed by atoms with van der Waals surface area (Å²) >= 11 is 8.46. The summed E-state index contributed by atoms with van der Waals surface area (Å²) < 4.78 is 22.0. The van der Waals surface area contributed by atoms with Crippen LogP contribution in [0.2, 0.25) is 0 Å². The van der Waals surface area contributed by atoms with E-state index in [1.807, 2.05) is 6.92 Å². The van der Waals surface area contributed by atoms with Crippen LogP contribution in [0.25, 0.3) is 0 Å². The van der Waals surface area contributed by atoms with Crippen molar-refractivity contribution >= 4 is 45.1 Å². The van der Waals surface area contributed by atoms with Gasteiger partial charge >= 0.3 is 0 Å². The number of methoxy groups -OCH3 is 3. The predicted octanol–water partition coefficient (Wildman–Crippen LogP) is 3.21. The van der Waals surface area contributed by atoms with Crippen molar-refractivity contribution in [1.82, 2.24) is 16.2 Å². The molecule has 0 heterocycles. The number of nitrogens with one attached hydrogen (secondary N) is 3. The quantitative estimate of drug-likeness (QED) is 0.356. The number of carbonyl (C=O) groups excluding carboxylic acids is 2. The highest BCUT2D eigenvalue weighted by atomic mass is 79.9. The average molecular weight is 526 g/mol. The van der Waals surface area contributed by atoms with Gasteiger partial charge in [0, 0.05) is 10.0 Å². The van der Waals surface area contributed by atoms with E-state index in [9.17, 15) is 9.59 Å². The zero-order valence-electron chi connectivity index (χ0n) is 18.0. The van der Waals surface area contributed by atoms with Crippen LogP contribution >= 0.6 is 28.1 Å². The van der Waals surface area contributed by atoms with Gasteiger partial charge in [0.05, 0.1) is 33.5 Å². The molecule has 0 aliphatic heterocycles. The number of thiocarbonyl (C=S) groups is 1. The third-order valence-electron chi connectivity index (χ3n) is 4.09. The van der Waals surface area contributed by atoms with Crippen molar-refractivity contribution < 1.29 is 28.5 Å². The topological polar surface area (TPSA) is 107 Å². The summed E-state index contributed by atoms with van der Waals surface area (Å²) in [4.78, 5) is 25.2. The number of amides is 2. The van der Waals surface area contributed by atoms with Crippen LogP contribution in [0.3, 0.4) is 0 Å². The van der Waals surface area contributed by atoms with Crippen LogP contribution in [-0.4, -0.2) is 44.9 Å². The third-order valence-corrected chi connectivity index (χ3v) is 4.79. The highest BCUT2D eigenvalue weighted by Crippen LogP contribution is 2.38. The maximum atomic E-state index is 12.6. The summed E-state index contributed by atoms with van der Waals surface area (Å²) in [5.74, 6) is 0.408. The molecule has 0 saturated carbocycles. The van der Waals surface area contributed by atoms with Gasteiger partial charge in [-0.3, -0.25) is 25.8 Å². The Kier molecular flexibility index (Phi) is 9.54. The third kappa shape index (κ3) is 6.47. The van der Waals surface area contributed by atoms with Crippen molar-refractivity contribution in [2.24, 2.45) is 0 Å². The Morgan fingerprint density at radius 1 is 0.938 bits per heavy atom. The minimum absolute atomic E-state index is 0.0998. The normalized spacial score (nSPS) is 10.0. The van der Waals surface area contributed by atoms with E-state index in [4.69, 9.17) is 31.2 Å². The van der Waals surface area contributed by atoms with Crippen molar-refractivity contribution in [2.75, 3.05) is 27.9 Å². The van der Waals surface area contributed by atoms with Crippen molar-refractivity contribution in [3.63, 3.8) is 0 Å². The van der Waals surface area contributed by atoms with E-state index < -0.39 is 11.8 Å². The Hall–Kier alpha value is -3.05. The molecule has 32 heavy (non-hydrogen) atoms. The van der Waals surface area contributed by atoms with E-state index in [-0.39, 0.29) is 10.7 Å². The van der Waals surface area contributed by atoms with E-state index in [1.165, 1.54) is 33.5 Å². The van der Waals surface area contributed by atoms with Gasteiger partial charge in [-0.25, -0.2) is 0 Å². The van der Waals surface area contributed by atoms with Gasteiger partial charge in [0.15, 0.2) is 16.6 Å². The molecule has 0 spiro atoms. The number of carbonyl (C=O) groups is 2. The molecule has 2 aromatic carbocycles. The van der Waals surface area contributed by atoms with E-state index >= 15 is 0 Å². The lowest BCUT2D eigenvalue weighted by atomic mass is 10.1. The molecule has 0 unspecified atom stereocenters. The summed E-state index contributed by atoms with van der Waals surface area (Å²) in [7, 11) is 4.36. The maximum Gasteiger partial charge on any atom is 0.269 e. The van der Waals surface area contributed by atoms with Gasteiger partial charge in [-0.05, 0) is 49.0 Å². The van der Waals surface area contributed by atoms with Gasteiger partial charge in [0.1, 0.15) is 5.75 Å². The summed E-state index contributed by atoms with van der Waals surface area (Å²) in [6.45, 7) is 2.43. The number of halogens is 1. The zero-order chi connectivity index (χ0) is 23.7. The molecule has 172 valence electrons. The molecule has 11 heteroatoms. The second-order valence-electron chi connectivity index (χ2n) is 6.27. The molecule has 2 rings (SSSR count). The molecule has 0 bridgehead atoms. The zero-order valence-corrected chi connectivity index (χ0v) is 20.4.